The summed E-state index contributed by atoms with van der Waals surface area (Å²) in [5.74, 6) is 1.28. The van der Waals surface area contributed by atoms with E-state index in [-0.39, 0.29) is 0 Å². The lowest BCUT2D eigenvalue weighted by Gasteiger charge is -2.08. The molecule has 0 aliphatic rings. The van der Waals surface area contributed by atoms with Crippen LogP contribution in [0.2, 0.25) is 0 Å². The van der Waals surface area contributed by atoms with Gasteiger partial charge in [-0.2, -0.15) is 0 Å². The molecule has 0 bridgehead atoms. The van der Waals surface area contributed by atoms with Gasteiger partial charge < -0.3 is 15.2 Å². The summed E-state index contributed by atoms with van der Waals surface area (Å²) in [7, 11) is 1.67. The van der Waals surface area contributed by atoms with E-state index in [0.717, 1.165) is 17.0 Å². The third-order valence-electron chi connectivity index (χ3n) is 2.53. The quantitative estimate of drug-likeness (QED) is 0.898. The number of nitrogens with two attached hydrogens (primary N) is 1. The molecule has 0 aliphatic heterocycles. The van der Waals surface area contributed by atoms with Crippen molar-refractivity contribution in [1.29, 1.82) is 0 Å². The molecule has 0 saturated carbocycles. The van der Waals surface area contributed by atoms with Crippen LogP contribution in [-0.2, 0) is 11.3 Å². The Morgan fingerprint density at radius 3 is 2.78 bits per heavy atom. The monoisotopic (exact) mass is 244 g/mol. The fraction of sp³-hybridized carbons (Fsp3) is 0.214. The maximum absolute atomic E-state index is 5.71. The average molecular weight is 244 g/mol. The Labute approximate surface area is 106 Å². The Morgan fingerprint density at radius 2 is 2.06 bits per heavy atom. The summed E-state index contributed by atoms with van der Waals surface area (Å²) in [5.41, 5.74) is 8.20. The van der Waals surface area contributed by atoms with Gasteiger partial charge in [0.2, 0.25) is 5.88 Å². The SMILES string of the molecule is COCc1cccc(Oc2ccc(N)c(C)n2)c1. The van der Waals surface area contributed by atoms with Crippen LogP contribution in [0.15, 0.2) is 36.4 Å². The van der Waals surface area contributed by atoms with Crippen molar-refractivity contribution in [2.45, 2.75) is 13.5 Å². The van der Waals surface area contributed by atoms with Crippen molar-refractivity contribution in [2.75, 3.05) is 12.8 Å². The van der Waals surface area contributed by atoms with Gasteiger partial charge in [0.05, 0.1) is 18.0 Å². The Kier molecular flexibility index (Phi) is 3.79. The van der Waals surface area contributed by atoms with Gasteiger partial charge in [-0.3, -0.25) is 0 Å². The van der Waals surface area contributed by atoms with Crippen LogP contribution < -0.4 is 10.5 Å². The number of rotatable bonds is 4. The smallest absolute Gasteiger partial charge is 0.219 e. The summed E-state index contributed by atoms with van der Waals surface area (Å²) in [6.07, 6.45) is 0. The fourth-order valence-corrected chi connectivity index (χ4v) is 1.59. The summed E-state index contributed by atoms with van der Waals surface area (Å²) in [4.78, 5) is 4.27. The van der Waals surface area contributed by atoms with E-state index in [4.69, 9.17) is 15.2 Å². The number of nitrogens with zero attached hydrogens (tertiary/aromatic N) is 1. The highest BCUT2D eigenvalue weighted by Crippen LogP contribution is 2.22. The number of methoxy groups -OCH3 is 1. The van der Waals surface area contributed by atoms with E-state index < -0.39 is 0 Å². The predicted molar refractivity (Wildman–Crippen MR) is 70.6 cm³/mol. The number of pyridine rings is 1. The zero-order valence-electron chi connectivity index (χ0n) is 10.5. The lowest BCUT2D eigenvalue weighted by molar-refractivity contribution is 0.184. The van der Waals surface area contributed by atoms with Crippen LogP contribution in [0.1, 0.15) is 11.3 Å². The molecule has 0 saturated heterocycles. The van der Waals surface area contributed by atoms with Gasteiger partial charge in [-0.05, 0) is 30.7 Å². The number of anilines is 1. The van der Waals surface area contributed by atoms with Crippen LogP contribution in [0.4, 0.5) is 5.69 Å². The first-order valence-electron chi connectivity index (χ1n) is 5.68. The number of aryl methyl sites for hydroxylation is 1. The molecule has 0 aliphatic carbocycles. The molecule has 0 atom stereocenters. The minimum absolute atomic E-state index is 0.538. The molecule has 1 aromatic heterocycles. The van der Waals surface area contributed by atoms with Crippen LogP contribution in [0.25, 0.3) is 0 Å². The zero-order chi connectivity index (χ0) is 13.0. The molecule has 0 unspecified atom stereocenters. The maximum atomic E-state index is 5.71. The topological polar surface area (TPSA) is 57.4 Å². The van der Waals surface area contributed by atoms with Gasteiger partial charge in [-0.1, -0.05) is 12.1 Å². The second-order valence-corrected chi connectivity index (χ2v) is 4.01. The average Bonchev–Trinajstić information content (AvgIpc) is 2.35. The molecule has 1 heterocycles. The largest absolute Gasteiger partial charge is 0.439 e. The van der Waals surface area contributed by atoms with E-state index in [1.165, 1.54) is 0 Å². The maximum Gasteiger partial charge on any atom is 0.219 e. The molecule has 0 amide bonds. The van der Waals surface area contributed by atoms with Gasteiger partial charge in [0.25, 0.3) is 0 Å². The first-order chi connectivity index (χ1) is 8.69. The Bertz CT molecular complexity index is 541. The lowest BCUT2D eigenvalue weighted by Crippen LogP contribution is -1.95. The molecule has 94 valence electrons. The van der Waals surface area contributed by atoms with Gasteiger partial charge in [-0.25, -0.2) is 4.98 Å². The standard InChI is InChI=1S/C14H16N2O2/c1-10-13(15)6-7-14(16-10)18-12-5-3-4-11(8-12)9-17-2/h3-8H,9,15H2,1-2H3. The van der Waals surface area contributed by atoms with E-state index in [9.17, 15) is 0 Å². The second-order valence-electron chi connectivity index (χ2n) is 4.01. The number of hydrogen-bond acceptors (Lipinski definition) is 4. The normalized spacial score (nSPS) is 10.3. The van der Waals surface area contributed by atoms with Crippen molar-refractivity contribution in [1.82, 2.24) is 4.98 Å². The molecule has 4 nitrogen and oxygen atoms in total. The van der Waals surface area contributed by atoms with E-state index >= 15 is 0 Å². The van der Waals surface area contributed by atoms with Gasteiger partial charge in [-0.15, -0.1) is 0 Å². The molecular weight excluding hydrogens is 228 g/mol. The van der Waals surface area contributed by atoms with Crippen LogP contribution >= 0.6 is 0 Å². The number of aromatic nitrogens is 1. The van der Waals surface area contributed by atoms with Crippen molar-refractivity contribution in [2.24, 2.45) is 0 Å². The van der Waals surface area contributed by atoms with Crippen molar-refractivity contribution >= 4 is 5.69 Å². The van der Waals surface area contributed by atoms with Gasteiger partial charge in [0.15, 0.2) is 0 Å². The summed E-state index contributed by atoms with van der Waals surface area (Å²) in [6.45, 7) is 2.41. The van der Waals surface area contributed by atoms with Crippen LogP contribution in [0.3, 0.4) is 0 Å². The summed E-state index contributed by atoms with van der Waals surface area (Å²) < 4.78 is 10.8. The predicted octanol–water partition coefficient (Wildman–Crippen LogP) is 2.91. The van der Waals surface area contributed by atoms with E-state index in [0.29, 0.717) is 18.2 Å². The minimum atomic E-state index is 0.538. The number of nitrogen functional groups attached to an aromatic ring is 1. The Balaban J connectivity index is 2.17. The third-order valence-corrected chi connectivity index (χ3v) is 2.53. The Morgan fingerprint density at radius 1 is 1.22 bits per heavy atom. The molecule has 1 aromatic carbocycles. The van der Waals surface area contributed by atoms with Crippen molar-refractivity contribution in [3.63, 3.8) is 0 Å². The van der Waals surface area contributed by atoms with Gasteiger partial charge >= 0.3 is 0 Å². The molecular formula is C14H16N2O2. The molecule has 18 heavy (non-hydrogen) atoms. The number of ether oxygens (including phenoxy) is 2. The molecule has 4 heteroatoms. The van der Waals surface area contributed by atoms with Crippen molar-refractivity contribution in [3.8, 4) is 11.6 Å². The summed E-state index contributed by atoms with van der Waals surface area (Å²) in [5, 5.41) is 0. The van der Waals surface area contributed by atoms with E-state index in [1.54, 1.807) is 19.2 Å². The first kappa shape index (κ1) is 12.4. The highest BCUT2D eigenvalue weighted by atomic mass is 16.5. The molecule has 0 radical (unpaired) electrons. The van der Waals surface area contributed by atoms with Gasteiger partial charge in [0, 0.05) is 13.2 Å². The Hall–Kier alpha value is -2.07. The highest BCUT2D eigenvalue weighted by molar-refractivity contribution is 5.44. The third kappa shape index (κ3) is 2.99. The summed E-state index contributed by atoms with van der Waals surface area (Å²) >= 11 is 0. The first-order valence-corrected chi connectivity index (χ1v) is 5.68. The van der Waals surface area contributed by atoms with Crippen molar-refractivity contribution < 1.29 is 9.47 Å². The zero-order valence-corrected chi connectivity index (χ0v) is 10.5. The highest BCUT2D eigenvalue weighted by Gasteiger charge is 2.02. The molecule has 0 fully saturated rings. The molecule has 2 rings (SSSR count). The van der Waals surface area contributed by atoms with Crippen LogP contribution in [0, 0.1) is 6.92 Å². The summed E-state index contributed by atoms with van der Waals surface area (Å²) in [6, 6.07) is 11.3. The fourth-order valence-electron chi connectivity index (χ4n) is 1.59. The van der Waals surface area contributed by atoms with Crippen LogP contribution in [-0.4, -0.2) is 12.1 Å². The number of benzene rings is 1. The minimum Gasteiger partial charge on any atom is -0.439 e. The van der Waals surface area contributed by atoms with E-state index in [1.807, 2.05) is 31.2 Å². The molecule has 2 N–H and O–H groups in total. The molecule has 2 aromatic rings. The second kappa shape index (κ2) is 5.51. The number of hydrogen-bond donors (Lipinski definition) is 1. The van der Waals surface area contributed by atoms with Crippen LogP contribution in [0.5, 0.6) is 11.6 Å². The lowest BCUT2D eigenvalue weighted by atomic mass is 10.2. The van der Waals surface area contributed by atoms with E-state index in [2.05, 4.69) is 4.98 Å². The van der Waals surface area contributed by atoms with Gasteiger partial charge in [0.1, 0.15) is 5.75 Å². The van der Waals surface area contributed by atoms with Crippen molar-refractivity contribution in [3.05, 3.63) is 47.7 Å². The molecule has 0 spiro atoms.